The molecular weight excluding hydrogens is 292 g/mol. The van der Waals surface area contributed by atoms with Gasteiger partial charge in [-0.2, -0.15) is 11.8 Å². The highest BCUT2D eigenvalue weighted by molar-refractivity contribution is 7.98. The van der Waals surface area contributed by atoms with Gasteiger partial charge >= 0.3 is 0 Å². The number of aliphatic hydroxyl groups excluding tert-OH is 1. The number of benzene rings is 1. The largest absolute Gasteiger partial charge is 0.390 e. The van der Waals surface area contributed by atoms with Crippen molar-refractivity contribution in [3.63, 3.8) is 0 Å². The van der Waals surface area contributed by atoms with E-state index in [1.807, 2.05) is 24.3 Å². The zero-order chi connectivity index (χ0) is 14.6. The molecule has 1 aromatic carbocycles. The molecule has 0 spiro atoms. The molecule has 1 N–H and O–H groups in total. The minimum Gasteiger partial charge on any atom is -0.390 e. The number of unbranched alkanes of at least 4 members (excludes halogenated alkanes) is 3. The van der Waals surface area contributed by atoms with Crippen LogP contribution in [0.3, 0.4) is 0 Å². The third-order valence-electron chi connectivity index (χ3n) is 2.94. The van der Waals surface area contributed by atoms with Crippen LogP contribution in [0.2, 0.25) is 5.02 Å². The van der Waals surface area contributed by atoms with Crippen LogP contribution < -0.4 is 0 Å². The maximum atomic E-state index is 9.81. The number of hydrogen-bond acceptors (Lipinski definition) is 3. The molecule has 0 aliphatic carbocycles. The van der Waals surface area contributed by atoms with Crippen LogP contribution in [0, 0.1) is 0 Å². The minimum atomic E-state index is -0.376. The normalized spacial score (nSPS) is 12.6. The van der Waals surface area contributed by atoms with E-state index in [0.29, 0.717) is 12.4 Å². The van der Waals surface area contributed by atoms with Crippen LogP contribution in [-0.4, -0.2) is 30.2 Å². The maximum Gasteiger partial charge on any atom is 0.0863 e. The summed E-state index contributed by atoms with van der Waals surface area (Å²) in [4.78, 5) is 0. The van der Waals surface area contributed by atoms with E-state index in [0.717, 1.165) is 23.8 Å². The van der Waals surface area contributed by atoms with Crippen molar-refractivity contribution in [3.8, 4) is 0 Å². The van der Waals surface area contributed by atoms with Gasteiger partial charge in [-0.25, -0.2) is 0 Å². The van der Waals surface area contributed by atoms with Gasteiger partial charge in [0, 0.05) is 23.1 Å². The standard InChI is InChI=1S/C16H25ClO2S/c1-2-3-4-5-10-19-11-16(18)13-20-12-14-6-8-15(17)9-7-14/h6-9,16,18H,2-5,10-13H2,1H3. The summed E-state index contributed by atoms with van der Waals surface area (Å²) in [6.45, 7) is 3.40. The first-order chi connectivity index (χ1) is 9.72. The zero-order valence-corrected chi connectivity index (χ0v) is 13.8. The Morgan fingerprint density at radius 3 is 2.65 bits per heavy atom. The van der Waals surface area contributed by atoms with Gasteiger partial charge in [-0.3, -0.25) is 0 Å². The van der Waals surface area contributed by atoms with Crippen LogP contribution in [0.4, 0.5) is 0 Å². The molecule has 20 heavy (non-hydrogen) atoms. The van der Waals surface area contributed by atoms with E-state index < -0.39 is 0 Å². The van der Waals surface area contributed by atoms with Crippen molar-refractivity contribution in [2.45, 2.75) is 44.5 Å². The van der Waals surface area contributed by atoms with E-state index in [9.17, 15) is 5.11 Å². The second kappa shape index (κ2) is 11.4. The third kappa shape index (κ3) is 8.85. The van der Waals surface area contributed by atoms with Crippen LogP contribution in [0.25, 0.3) is 0 Å². The molecule has 0 fully saturated rings. The first-order valence-corrected chi connectivity index (χ1v) is 8.83. The summed E-state index contributed by atoms with van der Waals surface area (Å²) < 4.78 is 5.48. The summed E-state index contributed by atoms with van der Waals surface area (Å²) in [5.74, 6) is 1.60. The van der Waals surface area contributed by atoms with Crippen LogP contribution in [0.5, 0.6) is 0 Å². The molecule has 0 saturated heterocycles. The van der Waals surface area contributed by atoms with Gasteiger partial charge in [0.25, 0.3) is 0 Å². The summed E-state index contributed by atoms with van der Waals surface area (Å²) in [6, 6.07) is 7.83. The number of rotatable bonds is 11. The average Bonchev–Trinajstić information content (AvgIpc) is 2.45. The topological polar surface area (TPSA) is 29.5 Å². The monoisotopic (exact) mass is 316 g/mol. The predicted molar refractivity (Wildman–Crippen MR) is 88.6 cm³/mol. The van der Waals surface area contributed by atoms with E-state index >= 15 is 0 Å². The maximum absolute atomic E-state index is 9.81. The number of halogens is 1. The minimum absolute atomic E-state index is 0.376. The highest BCUT2D eigenvalue weighted by atomic mass is 35.5. The molecule has 0 amide bonds. The van der Waals surface area contributed by atoms with E-state index in [-0.39, 0.29) is 6.10 Å². The molecule has 0 bridgehead atoms. The second-order valence-electron chi connectivity index (χ2n) is 4.93. The Morgan fingerprint density at radius 2 is 1.95 bits per heavy atom. The Bertz CT molecular complexity index is 343. The van der Waals surface area contributed by atoms with Crippen molar-refractivity contribution < 1.29 is 9.84 Å². The Balaban J connectivity index is 1.99. The van der Waals surface area contributed by atoms with Gasteiger partial charge in [-0.05, 0) is 24.1 Å². The molecule has 0 aliphatic heterocycles. The Morgan fingerprint density at radius 1 is 1.20 bits per heavy atom. The molecule has 1 atom stereocenters. The Kier molecular flexibility index (Phi) is 10.2. The van der Waals surface area contributed by atoms with Crippen molar-refractivity contribution in [3.05, 3.63) is 34.9 Å². The first-order valence-electron chi connectivity index (χ1n) is 7.30. The SMILES string of the molecule is CCCCCCOCC(O)CSCc1ccc(Cl)cc1. The average molecular weight is 317 g/mol. The van der Waals surface area contributed by atoms with Crippen molar-refractivity contribution in [1.82, 2.24) is 0 Å². The van der Waals surface area contributed by atoms with Crippen molar-refractivity contribution >= 4 is 23.4 Å². The van der Waals surface area contributed by atoms with Crippen LogP contribution in [0.1, 0.15) is 38.2 Å². The molecule has 1 aromatic rings. The molecule has 4 heteroatoms. The summed E-state index contributed by atoms with van der Waals surface area (Å²) in [6.07, 6.45) is 4.45. The number of hydrogen-bond donors (Lipinski definition) is 1. The first kappa shape index (κ1) is 17.8. The molecule has 1 unspecified atom stereocenters. The van der Waals surface area contributed by atoms with Crippen LogP contribution >= 0.6 is 23.4 Å². The molecule has 0 heterocycles. The Labute approximate surface area is 131 Å². The fourth-order valence-corrected chi connectivity index (χ4v) is 2.83. The van der Waals surface area contributed by atoms with Crippen molar-refractivity contribution in [2.75, 3.05) is 19.0 Å². The van der Waals surface area contributed by atoms with E-state index in [1.54, 1.807) is 11.8 Å². The number of aliphatic hydroxyl groups is 1. The number of ether oxygens (including phenoxy) is 1. The lowest BCUT2D eigenvalue weighted by atomic mass is 10.2. The van der Waals surface area contributed by atoms with Gasteiger partial charge in [-0.1, -0.05) is 49.9 Å². The summed E-state index contributed by atoms with van der Waals surface area (Å²) in [5, 5.41) is 10.6. The van der Waals surface area contributed by atoms with Crippen LogP contribution in [-0.2, 0) is 10.5 Å². The number of thioether (sulfide) groups is 1. The summed E-state index contributed by atoms with van der Waals surface area (Å²) in [5.41, 5.74) is 1.23. The van der Waals surface area contributed by atoms with Crippen LogP contribution in [0.15, 0.2) is 24.3 Å². The third-order valence-corrected chi connectivity index (χ3v) is 4.35. The smallest absolute Gasteiger partial charge is 0.0863 e. The van der Waals surface area contributed by atoms with Gasteiger partial charge in [0.05, 0.1) is 12.7 Å². The van der Waals surface area contributed by atoms with E-state index in [2.05, 4.69) is 6.92 Å². The van der Waals surface area contributed by atoms with Gasteiger partial charge in [0.15, 0.2) is 0 Å². The predicted octanol–water partition coefficient (Wildman–Crippen LogP) is 4.53. The molecule has 114 valence electrons. The quantitative estimate of drug-likeness (QED) is 0.608. The van der Waals surface area contributed by atoms with Crippen molar-refractivity contribution in [2.24, 2.45) is 0 Å². The molecule has 0 aliphatic rings. The van der Waals surface area contributed by atoms with Crippen molar-refractivity contribution in [1.29, 1.82) is 0 Å². The molecular formula is C16H25ClO2S. The highest BCUT2D eigenvalue weighted by Gasteiger charge is 2.04. The second-order valence-corrected chi connectivity index (χ2v) is 6.40. The van der Waals surface area contributed by atoms with Gasteiger partial charge in [0.1, 0.15) is 0 Å². The zero-order valence-electron chi connectivity index (χ0n) is 12.2. The molecule has 0 radical (unpaired) electrons. The lowest BCUT2D eigenvalue weighted by molar-refractivity contribution is 0.0468. The summed E-state index contributed by atoms with van der Waals surface area (Å²) >= 11 is 7.55. The summed E-state index contributed by atoms with van der Waals surface area (Å²) in [7, 11) is 0. The van der Waals surface area contributed by atoms with Gasteiger partial charge in [0.2, 0.25) is 0 Å². The van der Waals surface area contributed by atoms with Gasteiger partial charge in [-0.15, -0.1) is 0 Å². The molecule has 0 aromatic heterocycles. The lowest BCUT2D eigenvalue weighted by Gasteiger charge is -2.11. The van der Waals surface area contributed by atoms with Gasteiger partial charge < -0.3 is 9.84 Å². The molecule has 0 saturated carbocycles. The van der Waals surface area contributed by atoms with E-state index in [4.69, 9.17) is 16.3 Å². The molecule has 1 rings (SSSR count). The Hall–Kier alpha value is -0.220. The van der Waals surface area contributed by atoms with E-state index in [1.165, 1.54) is 24.8 Å². The fourth-order valence-electron chi connectivity index (χ4n) is 1.79. The fraction of sp³-hybridized carbons (Fsp3) is 0.625. The lowest BCUT2D eigenvalue weighted by Crippen LogP contribution is -2.18. The molecule has 2 nitrogen and oxygen atoms in total. The highest BCUT2D eigenvalue weighted by Crippen LogP contribution is 2.16.